The van der Waals surface area contributed by atoms with Crippen LogP contribution in [0.25, 0.3) is 11.1 Å². The first-order valence-corrected chi connectivity index (χ1v) is 5.14. The average Bonchev–Trinajstić information content (AvgIpc) is 2.90. The summed E-state index contributed by atoms with van der Waals surface area (Å²) >= 11 is 0. The van der Waals surface area contributed by atoms with Crippen LogP contribution in [0.3, 0.4) is 0 Å². The van der Waals surface area contributed by atoms with E-state index < -0.39 is 7.32 Å². The van der Waals surface area contributed by atoms with E-state index in [9.17, 15) is 0 Å². The number of hydrogen-bond donors (Lipinski definition) is 0. The summed E-state index contributed by atoms with van der Waals surface area (Å²) in [5.74, 6) is 2.29. The molecule has 0 unspecified atom stereocenters. The molecule has 4 heteroatoms. The molecule has 0 spiro atoms. The molecule has 0 aromatic heterocycles. The Labute approximate surface area is 92.7 Å². The maximum Gasteiger partial charge on any atom is 0.864 e. The Bertz CT molecular complexity index is 568. The second kappa shape index (κ2) is 2.73. The van der Waals surface area contributed by atoms with E-state index in [4.69, 9.17) is 14.0 Å². The Balaban J connectivity index is 1.96. The van der Waals surface area contributed by atoms with Gasteiger partial charge in [-0.3, -0.25) is 0 Å². The molecule has 16 heavy (non-hydrogen) atoms. The van der Waals surface area contributed by atoms with Crippen molar-refractivity contribution in [2.45, 2.75) is 0 Å². The van der Waals surface area contributed by atoms with E-state index in [1.54, 1.807) is 0 Å². The number of fused-ring (bicyclic) bond motifs is 1. The molecule has 2 aliphatic heterocycles. The van der Waals surface area contributed by atoms with E-state index in [0.717, 1.165) is 28.4 Å². The highest BCUT2D eigenvalue weighted by molar-refractivity contribution is 6.43. The molecule has 0 aliphatic carbocycles. The lowest BCUT2D eigenvalue weighted by Gasteiger charge is -2.12. The van der Waals surface area contributed by atoms with Gasteiger partial charge in [0.1, 0.15) is 5.75 Å². The highest BCUT2D eigenvalue weighted by atomic mass is 16.8. The number of benzene rings is 2. The normalized spacial score (nSPS) is 14.4. The van der Waals surface area contributed by atoms with Crippen LogP contribution in [0.2, 0.25) is 0 Å². The number of hydrogen-bond acceptors (Lipinski definition) is 3. The van der Waals surface area contributed by atoms with Gasteiger partial charge in [0.05, 0.1) is 0 Å². The first kappa shape index (κ1) is 8.10. The lowest BCUT2D eigenvalue weighted by molar-refractivity contribution is 0.384. The topological polar surface area (TPSA) is 27.7 Å². The minimum absolute atomic E-state index is 0.580. The molecule has 0 atom stereocenters. The molecular formula is C12H7BO3. The molecule has 0 saturated carbocycles. The Morgan fingerprint density at radius 2 is 1.56 bits per heavy atom. The van der Waals surface area contributed by atoms with Crippen molar-refractivity contribution < 1.29 is 14.0 Å². The average molecular weight is 210 g/mol. The zero-order chi connectivity index (χ0) is 10.5. The van der Waals surface area contributed by atoms with Gasteiger partial charge < -0.3 is 14.0 Å². The third-order valence-electron chi connectivity index (χ3n) is 2.81. The SMILES string of the molecule is c1ccc(-c2ccc3c4c2OB(O3)O4)cc1. The lowest BCUT2D eigenvalue weighted by atomic mass is 10.0. The van der Waals surface area contributed by atoms with Crippen LogP contribution < -0.4 is 14.0 Å². The summed E-state index contributed by atoms with van der Waals surface area (Å²) in [6.45, 7) is 0. The lowest BCUT2D eigenvalue weighted by Crippen LogP contribution is -2.29. The third-order valence-corrected chi connectivity index (χ3v) is 2.81. The van der Waals surface area contributed by atoms with Gasteiger partial charge in [0.25, 0.3) is 0 Å². The molecular weight excluding hydrogens is 203 g/mol. The summed E-state index contributed by atoms with van der Waals surface area (Å²) in [5, 5.41) is 0. The summed E-state index contributed by atoms with van der Waals surface area (Å²) in [4.78, 5) is 0. The minimum atomic E-state index is -0.580. The fourth-order valence-corrected chi connectivity index (χ4v) is 2.08. The molecule has 2 heterocycles. The van der Waals surface area contributed by atoms with Crippen molar-refractivity contribution in [1.29, 1.82) is 0 Å². The van der Waals surface area contributed by atoms with Crippen molar-refractivity contribution in [3.05, 3.63) is 42.5 Å². The zero-order valence-electron chi connectivity index (χ0n) is 8.34. The van der Waals surface area contributed by atoms with Crippen LogP contribution in [0.5, 0.6) is 17.2 Å². The summed E-state index contributed by atoms with van der Waals surface area (Å²) in [6, 6.07) is 14.0. The molecule has 3 nitrogen and oxygen atoms in total. The van der Waals surface area contributed by atoms with Crippen LogP contribution in [0.1, 0.15) is 0 Å². The second-order valence-electron chi connectivity index (χ2n) is 3.78. The molecule has 0 saturated heterocycles. The van der Waals surface area contributed by atoms with E-state index in [-0.39, 0.29) is 0 Å². The molecule has 2 aliphatic rings. The van der Waals surface area contributed by atoms with Gasteiger partial charge in [-0.25, -0.2) is 0 Å². The largest absolute Gasteiger partial charge is 0.864 e. The van der Waals surface area contributed by atoms with Gasteiger partial charge in [0.15, 0.2) is 11.5 Å². The molecule has 0 radical (unpaired) electrons. The Morgan fingerprint density at radius 1 is 0.750 bits per heavy atom. The molecule has 4 rings (SSSR count). The minimum Gasteiger partial charge on any atom is -0.486 e. The summed E-state index contributed by atoms with van der Waals surface area (Å²) in [5.41, 5.74) is 2.17. The van der Waals surface area contributed by atoms with Crippen LogP contribution in [0, 0.1) is 0 Å². The van der Waals surface area contributed by atoms with Crippen LogP contribution in [-0.4, -0.2) is 7.32 Å². The number of rotatable bonds is 1. The fraction of sp³-hybridized carbons (Fsp3) is 0. The van der Waals surface area contributed by atoms with Crippen molar-refractivity contribution in [3.8, 4) is 28.4 Å². The Morgan fingerprint density at radius 3 is 2.38 bits per heavy atom. The quantitative estimate of drug-likeness (QED) is 0.676. The van der Waals surface area contributed by atoms with Crippen LogP contribution in [-0.2, 0) is 0 Å². The predicted octanol–water partition coefficient (Wildman–Crippen LogP) is 2.50. The smallest absolute Gasteiger partial charge is 0.486 e. The van der Waals surface area contributed by atoms with Crippen molar-refractivity contribution in [1.82, 2.24) is 0 Å². The summed E-state index contributed by atoms with van der Waals surface area (Å²) < 4.78 is 16.3. The van der Waals surface area contributed by atoms with Crippen LogP contribution in [0.15, 0.2) is 42.5 Å². The first-order chi connectivity index (χ1) is 7.92. The monoisotopic (exact) mass is 210 g/mol. The summed E-state index contributed by atoms with van der Waals surface area (Å²) in [7, 11) is -0.580. The maximum absolute atomic E-state index is 5.52. The standard InChI is InChI=1S/C12H7BO3/c1-2-4-8(5-3-1)9-6-7-10-12-11(9)15-13(14-10)16-12/h1-7H. The Hall–Kier alpha value is -2.10. The van der Waals surface area contributed by atoms with Crippen molar-refractivity contribution >= 4 is 7.32 Å². The molecule has 0 N–H and O–H groups in total. The van der Waals surface area contributed by atoms with E-state index in [0.29, 0.717) is 0 Å². The van der Waals surface area contributed by atoms with Crippen LogP contribution in [0.4, 0.5) is 0 Å². The zero-order valence-corrected chi connectivity index (χ0v) is 8.34. The third kappa shape index (κ3) is 0.935. The maximum atomic E-state index is 5.52. The van der Waals surface area contributed by atoms with Gasteiger partial charge in [0.2, 0.25) is 0 Å². The van der Waals surface area contributed by atoms with Gasteiger partial charge in [-0.1, -0.05) is 30.3 Å². The molecule has 0 amide bonds. The van der Waals surface area contributed by atoms with Gasteiger partial charge in [-0.05, 0) is 17.7 Å². The van der Waals surface area contributed by atoms with Crippen molar-refractivity contribution in [2.24, 2.45) is 0 Å². The molecule has 76 valence electrons. The first-order valence-electron chi connectivity index (χ1n) is 5.14. The highest BCUT2D eigenvalue weighted by Crippen LogP contribution is 2.52. The Kier molecular flexibility index (Phi) is 1.38. The van der Waals surface area contributed by atoms with Crippen LogP contribution >= 0.6 is 0 Å². The molecule has 2 aromatic rings. The van der Waals surface area contributed by atoms with Gasteiger partial charge in [-0.2, -0.15) is 0 Å². The molecule has 2 bridgehead atoms. The molecule has 0 fully saturated rings. The van der Waals surface area contributed by atoms with E-state index in [1.807, 2.05) is 30.3 Å². The highest BCUT2D eigenvalue weighted by Gasteiger charge is 2.47. The fourth-order valence-electron chi connectivity index (χ4n) is 2.08. The van der Waals surface area contributed by atoms with E-state index in [2.05, 4.69) is 12.1 Å². The second-order valence-corrected chi connectivity index (χ2v) is 3.78. The van der Waals surface area contributed by atoms with Crippen molar-refractivity contribution in [2.75, 3.05) is 0 Å². The van der Waals surface area contributed by atoms with Gasteiger partial charge in [0, 0.05) is 5.56 Å². The summed E-state index contributed by atoms with van der Waals surface area (Å²) in [6.07, 6.45) is 0. The van der Waals surface area contributed by atoms with E-state index >= 15 is 0 Å². The van der Waals surface area contributed by atoms with E-state index in [1.165, 1.54) is 0 Å². The molecule has 2 aromatic carbocycles. The van der Waals surface area contributed by atoms with Gasteiger partial charge in [-0.15, -0.1) is 0 Å². The van der Waals surface area contributed by atoms with Crippen molar-refractivity contribution in [3.63, 3.8) is 0 Å². The predicted molar refractivity (Wildman–Crippen MR) is 59.5 cm³/mol. The van der Waals surface area contributed by atoms with Gasteiger partial charge >= 0.3 is 7.32 Å².